The van der Waals surface area contributed by atoms with Gasteiger partial charge >= 0.3 is 5.97 Å². The van der Waals surface area contributed by atoms with Gasteiger partial charge in [0.2, 0.25) is 0 Å². The summed E-state index contributed by atoms with van der Waals surface area (Å²) in [6, 6.07) is 1.82. The van der Waals surface area contributed by atoms with Crippen molar-refractivity contribution in [1.82, 2.24) is 0 Å². The van der Waals surface area contributed by atoms with Crippen molar-refractivity contribution in [2.45, 2.75) is 19.3 Å². The van der Waals surface area contributed by atoms with Gasteiger partial charge in [0.05, 0.1) is 6.61 Å². The zero-order chi connectivity index (χ0) is 12.4. The van der Waals surface area contributed by atoms with Crippen LogP contribution in [0.1, 0.15) is 29.6 Å². The Morgan fingerprint density at radius 3 is 2.35 bits per heavy atom. The monoisotopic (exact) mass is 242 g/mol. The lowest BCUT2D eigenvalue weighted by atomic mass is 9.86. The molecule has 0 unspecified atom stereocenters. The second-order valence-corrected chi connectivity index (χ2v) is 4.18. The quantitative estimate of drug-likeness (QED) is 0.883. The number of hydrogen-bond donors (Lipinski definition) is 1. The molecular weight excluding hydrogens is 230 g/mol. The van der Waals surface area contributed by atoms with Gasteiger partial charge in [-0.25, -0.2) is 13.6 Å². The maximum absolute atomic E-state index is 13.3. The highest BCUT2D eigenvalue weighted by atomic mass is 19.1. The van der Waals surface area contributed by atoms with Crippen molar-refractivity contribution in [1.29, 1.82) is 0 Å². The number of hydrogen-bond acceptors (Lipinski definition) is 2. The third kappa shape index (κ3) is 2.54. The van der Waals surface area contributed by atoms with E-state index in [1.807, 2.05) is 0 Å². The van der Waals surface area contributed by atoms with E-state index < -0.39 is 23.2 Å². The van der Waals surface area contributed by atoms with E-state index in [-0.39, 0.29) is 5.75 Å². The van der Waals surface area contributed by atoms with E-state index in [1.165, 1.54) is 0 Å². The predicted octanol–water partition coefficient (Wildman–Crippen LogP) is 2.84. The van der Waals surface area contributed by atoms with Crippen LogP contribution in [0, 0.1) is 17.6 Å². The Labute approximate surface area is 97.0 Å². The topological polar surface area (TPSA) is 46.5 Å². The summed E-state index contributed by atoms with van der Waals surface area (Å²) < 4.78 is 31.8. The normalized spacial score (nSPS) is 15.4. The number of halogens is 2. The Kier molecular flexibility index (Phi) is 3.26. The number of carboxylic acids is 1. The minimum atomic E-state index is -1.62. The van der Waals surface area contributed by atoms with Gasteiger partial charge in [0.15, 0.2) is 0 Å². The molecule has 1 aliphatic rings. The van der Waals surface area contributed by atoms with Gasteiger partial charge in [-0.05, 0) is 18.8 Å². The molecule has 0 aromatic heterocycles. The average Bonchev–Trinajstić information content (AvgIpc) is 2.13. The Bertz CT molecular complexity index is 418. The van der Waals surface area contributed by atoms with Crippen LogP contribution in [0.25, 0.3) is 0 Å². The molecule has 0 radical (unpaired) electrons. The van der Waals surface area contributed by atoms with Gasteiger partial charge in [0.1, 0.15) is 22.9 Å². The number of ether oxygens (including phenoxy) is 1. The third-order valence-corrected chi connectivity index (χ3v) is 2.94. The summed E-state index contributed by atoms with van der Waals surface area (Å²) in [4.78, 5) is 10.6. The molecule has 1 N–H and O–H groups in total. The molecule has 3 nitrogen and oxygen atoms in total. The first kappa shape index (κ1) is 11.8. The summed E-state index contributed by atoms with van der Waals surface area (Å²) in [5.74, 6) is -3.36. The Balaban J connectivity index is 2.10. The predicted molar refractivity (Wildman–Crippen MR) is 56.2 cm³/mol. The highest BCUT2D eigenvalue weighted by Crippen LogP contribution is 2.28. The van der Waals surface area contributed by atoms with Gasteiger partial charge in [-0.3, -0.25) is 0 Å². The summed E-state index contributed by atoms with van der Waals surface area (Å²) >= 11 is 0. The van der Waals surface area contributed by atoms with Crippen LogP contribution in [-0.4, -0.2) is 17.7 Å². The summed E-state index contributed by atoms with van der Waals surface area (Å²) in [6.45, 7) is 0.422. The molecule has 0 amide bonds. The lowest BCUT2D eigenvalue weighted by molar-refractivity contribution is 0.0686. The van der Waals surface area contributed by atoms with E-state index in [9.17, 15) is 13.6 Å². The minimum absolute atomic E-state index is 0.0388. The van der Waals surface area contributed by atoms with E-state index in [4.69, 9.17) is 9.84 Å². The number of rotatable bonds is 4. The summed E-state index contributed by atoms with van der Waals surface area (Å²) in [5.41, 5.74) is -0.944. The van der Waals surface area contributed by atoms with Crippen LogP contribution in [0.2, 0.25) is 0 Å². The average molecular weight is 242 g/mol. The number of benzene rings is 1. The van der Waals surface area contributed by atoms with Crippen molar-refractivity contribution in [3.8, 4) is 5.75 Å². The van der Waals surface area contributed by atoms with E-state index in [0.717, 1.165) is 31.4 Å². The van der Waals surface area contributed by atoms with E-state index in [2.05, 4.69) is 0 Å². The Morgan fingerprint density at radius 2 is 1.94 bits per heavy atom. The Morgan fingerprint density at radius 1 is 1.35 bits per heavy atom. The number of aromatic carboxylic acids is 1. The smallest absolute Gasteiger partial charge is 0.341 e. The maximum atomic E-state index is 13.3. The van der Waals surface area contributed by atoms with E-state index >= 15 is 0 Å². The highest BCUT2D eigenvalue weighted by Gasteiger charge is 2.20. The molecule has 0 aliphatic heterocycles. The first-order chi connectivity index (χ1) is 8.08. The van der Waals surface area contributed by atoms with Crippen molar-refractivity contribution in [2.75, 3.05) is 6.61 Å². The van der Waals surface area contributed by atoms with Crippen LogP contribution in [0.5, 0.6) is 5.75 Å². The van der Waals surface area contributed by atoms with Gasteiger partial charge in [-0.2, -0.15) is 0 Å². The van der Waals surface area contributed by atoms with Crippen molar-refractivity contribution in [3.05, 3.63) is 29.3 Å². The lowest BCUT2D eigenvalue weighted by Gasteiger charge is -2.25. The molecule has 0 bridgehead atoms. The van der Waals surface area contributed by atoms with Gasteiger partial charge in [-0.15, -0.1) is 0 Å². The molecule has 17 heavy (non-hydrogen) atoms. The molecule has 2 rings (SSSR count). The number of carboxylic acid groups (broad SMARTS) is 1. The maximum Gasteiger partial charge on any atom is 0.341 e. The molecular formula is C12H12F2O3. The first-order valence-corrected chi connectivity index (χ1v) is 5.43. The molecule has 5 heteroatoms. The SMILES string of the molecule is O=C(O)c1c(F)cc(OCC2CCC2)cc1F. The van der Waals surface area contributed by atoms with Crippen LogP contribution in [0.15, 0.2) is 12.1 Å². The summed E-state index contributed by atoms with van der Waals surface area (Å²) in [6.07, 6.45) is 3.30. The molecule has 1 aliphatic carbocycles. The molecule has 1 fully saturated rings. The molecule has 1 aromatic rings. The third-order valence-electron chi connectivity index (χ3n) is 2.94. The molecule has 1 saturated carbocycles. The van der Waals surface area contributed by atoms with Crippen molar-refractivity contribution < 1.29 is 23.4 Å². The van der Waals surface area contributed by atoms with Crippen molar-refractivity contribution in [3.63, 3.8) is 0 Å². The summed E-state index contributed by atoms with van der Waals surface area (Å²) in [5, 5.41) is 8.58. The van der Waals surface area contributed by atoms with Crippen LogP contribution in [0.4, 0.5) is 8.78 Å². The fourth-order valence-corrected chi connectivity index (χ4v) is 1.71. The second kappa shape index (κ2) is 4.69. The molecule has 0 heterocycles. The van der Waals surface area contributed by atoms with E-state index in [0.29, 0.717) is 12.5 Å². The highest BCUT2D eigenvalue weighted by molar-refractivity contribution is 5.88. The standard InChI is InChI=1S/C12H12F2O3/c13-9-4-8(17-6-7-2-1-3-7)5-10(14)11(9)12(15)16/h4-5,7H,1-3,6H2,(H,15,16). The van der Waals surface area contributed by atoms with Crippen molar-refractivity contribution >= 4 is 5.97 Å². The zero-order valence-corrected chi connectivity index (χ0v) is 9.08. The molecule has 0 atom stereocenters. The minimum Gasteiger partial charge on any atom is -0.493 e. The van der Waals surface area contributed by atoms with Gasteiger partial charge in [0, 0.05) is 12.1 Å². The molecule has 0 saturated heterocycles. The van der Waals surface area contributed by atoms with Crippen LogP contribution in [-0.2, 0) is 0 Å². The van der Waals surface area contributed by atoms with E-state index in [1.54, 1.807) is 0 Å². The Hall–Kier alpha value is -1.65. The largest absolute Gasteiger partial charge is 0.493 e. The molecule has 92 valence electrons. The molecule has 0 spiro atoms. The van der Waals surface area contributed by atoms with Gasteiger partial charge < -0.3 is 9.84 Å². The number of carbonyl (C=O) groups is 1. The van der Waals surface area contributed by atoms with Gasteiger partial charge in [-0.1, -0.05) is 6.42 Å². The second-order valence-electron chi connectivity index (χ2n) is 4.18. The molecule has 1 aromatic carbocycles. The van der Waals surface area contributed by atoms with Crippen LogP contribution < -0.4 is 4.74 Å². The van der Waals surface area contributed by atoms with Crippen LogP contribution >= 0.6 is 0 Å². The first-order valence-electron chi connectivity index (χ1n) is 5.43. The fourth-order valence-electron chi connectivity index (χ4n) is 1.71. The fraction of sp³-hybridized carbons (Fsp3) is 0.417. The summed E-state index contributed by atoms with van der Waals surface area (Å²) in [7, 11) is 0. The van der Waals surface area contributed by atoms with Crippen molar-refractivity contribution in [2.24, 2.45) is 5.92 Å². The van der Waals surface area contributed by atoms with Gasteiger partial charge in [0.25, 0.3) is 0 Å². The zero-order valence-electron chi connectivity index (χ0n) is 9.08. The lowest BCUT2D eigenvalue weighted by Crippen LogP contribution is -2.19. The van der Waals surface area contributed by atoms with Crippen LogP contribution in [0.3, 0.4) is 0 Å².